The van der Waals surface area contributed by atoms with Gasteiger partial charge in [0.25, 0.3) is 5.56 Å². The van der Waals surface area contributed by atoms with Crippen molar-refractivity contribution >= 4 is 17.3 Å². The minimum absolute atomic E-state index is 0.137. The van der Waals surface area contributed by atoms with Crippen molar-refractivity contribution in [3.05, 3.63) is 99.6 Å². The van der Waals surface area contributed by atoms with E-state index in [4.69, 9.17) is 16.3 Å². The first-order valence-electron chi connectivity index (χ1n) is 10.9. The molecular weight excluding hydrogens is 422 g/mol. The van der Waals surface area contributed by atoms with E-state index in [2.05, 4.69) is 36.3 Å². The lowest BCUT2D eigenvalue weighted by Gasteiger charge is -2.34. The van der Waals surface area contributed by atoms with E-state index in [-0.39, 0.29) is 5.56 Å². The fourth-order valence-corrected chi connectivity index (χ4v) is 3.94. The van der Waals surface area contributed by atoms with Crippen molar-refractivity contribution in [1.82, 2.24) is 9.47 Å². The monoisotopic (exact) mass is 449 g/mol. The summed E-state index contributed by atoms with van der Waals surface area (Å²) in [4.78, 5) is 15.1. The van der Waals surface area contributed by atoms with Crippen LogP contribution in [-0.2, 0) is 13.0 Å². The summed E-state index contributed by atoms with van der Waals surface area (Å²) in [6, 6.07) is 16.9. The Bertz CT molecular complexity index is 1150. The van der Waals surface area contributed by atoms with Gasteiger partial charge in [-0.3, -0.25) is 9.36 Å². The number of ether oxygens (including phenoxy) is 1. The van der Waals surface area contributed by atoms with Gasteiger partial charge < -0.3 is 15.0 Å². The van der Waals surface area contributed by atoms with Crippen molar-refractivity contribution in [2.45, 2.75) is 20.0 Å². The molecule has 0 unspecified atom stereocenters. The molecule has 2 heterocycles. The SMILES string of the molecule is CCc1ccc(-n2ccc(OCc3ccc(Cl)cc3)cc2=O)cc1N/C=C/C1CN(C)C1. The lowest BCUT2D eigenvalue weighted by molar-refractivity contribution is 0.170. The number of hydrogen-bond acceptors (Lipinski definition) is 4. The second kappa shape index (κ2) is 10.1. The number of halogens is 1. The number of aromatic nitrogens is 1. The topological polar surface area (TPSA) is 46.5 Å². The van der Waals surface area contributed by atoms with Gasteiger partial charge in [-0.05, 0) is 61.1 Å². The minimum atomic E-state index is -0.137. The number of hydrogen-bond donors (Lipinski definition) is 1. The number of nitrogens with one attached hydrogen (secondary N) is 1. The fraction of sp³-hybridized carbons (Fsp3) is 0.269. The lowest BCUT2D eigenvalue weighted by Crippen LogP contribution is -2.42. The Morgan fingerprint density at radius 1 is 1.12 bits per heavy atom. The minimum Gasteiger partial charge on any atom is -0.489 e. The number of rotatable bonds is 8. The van der Waals surface area contributed by atoms with Crippen molar-refractivity contribution in [3.63, 3.8) is 0 Å². The second-order valence-electron chi connectivity index (χ2n) is 8.17. The van der Waals surface area contributed by atoms with E-state index in [1.165, 1.54) is 11.6 Å². The van der Waals surface area contributed by atoms with Gasteiger partial charge in [0.1, 0.15) is 12.4 Å². The third-order valence-corrected chi connectivity index (χ3v) is 5.91. The van der Waals surface area contributed by atoms with Gasteiger partial charge in [-0.1, -0.05) is 42.8 Å². The molecule has 1 aromatic heterocycles. The molecule has 0 spiro atoms. The van der Waals surface area contributed by atoms with Crippen LogP contribution in [0.2, 0.25) is 5.02 Å². The molecule has 0 amide bonds. The van der Waals surface area contributed by atoms with Crippen molar-refractivity contribution in [2.24, 2.45) is 5.92 Å². The summed E-state index contributed by atoms with van der Waals surface area (Å²) < 4.78 is 7.41. The van der Waals surface area contributed by atoms with Gasteiger partial charge in [-0.25, -0.2) is 0 Å². The highest BCUT2D eigenvalue weighted by Crippen LogP contribution is 2.22. The van der Waals surface area contributed by atoms with E-state index in [1.54, 1.807) is 10.8 Å². The fourth-order valence-electron chi connectivity index (χ4n) is 3.81. The number of pyridine rings is 1. The molecule has 3 aromatic rings. The molecule has 5 nitrogen and oxygen atoms in total. The van der Waals surface area contributed by atoms with Gasteiger partial charge in [-0.2, -0.15) is 0 Å². The van der Waals surface area contributed by atoms with E-state index < -0.39 is 0 Å². The number of likely N-dealkylation sites (tertiary alicyclic amines) is 1. The number of anilines is 1. The lowest BCUT2D eigenvalue weighted by atomic mass is 10.0. The molecule has 0 aliphatic carbocycles. The third-order valence-electron chi connectivity index (χ3n) is 5.66. The van der Waals surface area contributed by atoms with E-state index >= 15 is 0 Å². The van der Waals surface area contributed by atoms with Crippen LogP contribution in [0, 0.1) is 5.92 Å². The Morgan fingerprint density at radius 2 is 1.91 bits per heavy atom. The molecule has 0 bridgehead atoms. The Hall–Kier alpha value is -3.02. The van der Waals surface area contributed by atoms with Crippen molar-refractivity contribution in [2.75, 3.05) is 25.5 Å². The number of aryl methyl sites for hydroxylation is 1. The van der Waals surface area contributed by atoms with Gasteiger partial charge in [0.05, 0.1) is 5.69 Å². The maximum Gasteiger partial charge on any atom is 0.258 e. The van der Waals surface area contributed by atoms with Gasteiger partial charge in [0.2, 0.25) is 0 Å². The molecule has 0 atom stereocenters. The summed E-state index contributed by atoms with van der Waals surface area (Å²) in [6.07, 6.45) is 6.90. The summed E-state index contributed by atoms with van der Waals surface area (Å²) >= 11 is 5.92. The quantitative estimate of drug-likeness (QED) is 0.518. The molecule has 1 fully saturated rings. The predicted octanol–water partition coefficient (Wildman–Crippen LogP) is 5.12. The Kier molecular flexibility index (Phi) is 6.98. The van der Waals surface area contributed by atoms with Crippen LogP contribution in [-0.4, -0.2) is 29.6 Å². The van der Waals surface area contributed by atoms with Crippen LogP contribution in [0.15, 0.2) is 77.9 Å². The molecule has 0 saturated carbocycles. The van der Waals surface area contributed by atoms with Gasteiger partial charge in [-0.15, -0.1) is 0 Å². The zero-order chi connectivity index (χ0) is 22.5. The summed E-state index contributed by atoms with van der Waals surface area (Å²) in [5, 5.41) is 4.10. The highest BCUT2D eigenvalue weighted by Gasteiger charge is 2.19. The van der Waals surface area contributed by atoms with E-state index in [0.29, 0.717) is 23.3 Å². The van der Waals surface area contributed by atoms with Crippen LogP contribution in [0.5, 0.6) is 5.75 Å². The molecular formula is C26H28ClN3O2. The molecule has 1 aliphatic rings. The van der Waals surface area contributed by atoms with Gasteiger partial charge in [0, 0.05) is 42.0 Å². The standard InChI is InChI=1S/C26H28ClN3O2/c1-3-21-6-9-23(14-25(21)28-12-10-20-16-29(2)17-20)30-13-11-24(15-26(30)31)32-18-19-4-7-22(27)8-5-19/h4-15,20,28H,3,16-18H2,1-2H3/b12-10+. The summed E-state index contributed by atoms with van der Waals surface area (Å²) in [5.41, 5.74) is 3.90. The van der Waals surface area contributed by atoms with E-state index in [9.17, 15) is 4.79 Å². The van der Waals surface area contributed by atoms with E-state index in [0.717, 1.165) is 36.4 Å². The molecule has 0 radical (unpaired) electrons. The first kappa shape index (κ1) is 22.2. The predicted molar refractivity (Wildman–Crippen MR) is 131 cm³/mol. The molecule has 6 heteroatoms. The van der Waals surface area contributed by atoms with Crippen LogP contribution in [0.25, 0.3) is 5.69 Å². The second-order valence-corrected chi connectivity index (χ2v) is 8.60. The summed E-state index contributed by atoms with van der Waals surface area (Å²) in [6.45, 7) is 4.70. The molecule has 2 aromatic carbocycles. The van der Waals surface area contributed by atoms with Crippen molar-refractivity contribution < 1.29 is 4.74 Å². The summed E-state index contributed by atoms with van der Waals surface area (Å²) in [5.74, 6) is 1.14. The van der Waals surface area contributed by atoms with Crippen LogP contribution in [0.3, 0.4) is 0 Å². The molecule has 4 rings (SSSR count). The van der Waals surface area contributed by atoms with Crippen LogP contribution < -0.4 is 15.6 Å². The molecule has 166 valence electrons. The zero-order valence-corrected chi connectivity index (χ0v) is 19.2. The van der Waals surface area contributed by atoms with Gasteiger partial charge in [0.15, 0.2) is 0 Å². The first-order valence-corrected chi connectivity index (χ1v) is 11.2. The maximum atomic E-state index is 12.8. The van der Waals surface area contributed by atoms with Crippen LogP contribution >= 0.6 is 11.6 Å². The Balaban J connectivity index is 1.47. The normalized spacial score (nSPS) is 14.5. The zero-order valence-electron chi connectivity index (χ0n) is 18.4. The smallest absolute Gasteiger partial charge is 0.258 e. The molecule has 32 heavy (non-hydrogen) atoms. The average Bonchev–Trinajstić information content (AvgIpc) is 2.77. The highest BCUT2D eigenvalue weighted by molar-refractivity contribution is 6.30. The van der Waals surface area contributed by atoms with Gasteiger partial charge >= 0.3 is 0 Å². The Morgan fingerprint density at radius 3 is 2.59 bits per heavy atom. The summed E-state index contributed by atoms with van der Waals surface area (Å²) in [7, 11) is 2.13. The van der Waals surface area contributed by atoms with Crippen molar-refractivity contribution in [3.8, 4) is 11.4 Å². The largest absolute Gasteiger partial charge is 0.489 e. The average molecular weight is 450 g/mol. The maximum absolute atomic E-state index is 12.8. The van der Waals surface area contributed by atoms with Crippen LogP contribution in [0.1, 0.15) is 18.1 Å². The molecule has 1 aliphatic heterocycles. The Labute approximate surface area is 193 Å². The molecule has 1 N–H and O–H groups in total. The van der Waals surface area contributed by atoms with Crippen molar-refractivity contribution in [1.29, 1.82) is 0 Å². The number of benzene rings is 2. The highest BCUT2D eigenvalue weighted by atomic mass is 35.5. The van der Waals surface area contributed by atoms with E-state index in [1.807, 2.05) is 48.7 Å². The first-order chi connectivity index (χ1) is 15.5. The number of nitrogens with zero attached hydrogens (tertiary/aromatic N) is 2. The molecule has 1 saturated heterocycles. The van der Waals surface area contributed by atoms with Crippen LogP contribution in [0.4, 0.5) is 5.69 Å². The third kappa shape index (κ3) is 5.42.